The van der Waals surface area contributed by atoms with Crippen LogP contribution >= 0.6 is 11.6 Å². The highest BCUT2D eigenvalue weighted by atomic mass is 35.5. The number of nitrogens with zero attached hydrogens (tertiary/aromatic N) is 1. The largest absolute Gasteiger partial charge is 0.340 e. The van der Waals surface area contributed by atoms with Crippen molar-refractivity contribution < 1.29 is 19.3 Å². The summed E-state index contributed by atoms with van der Waals surface area (Å²) in [6.07, 6.45) is 0. The molecule has 8 nitrogen and oxygen atoms in total. The Morgan fingerprint density at radius 1 is 1.07 bits per heavy atom. The van der Waals surface area contributed by atoms with Gasteiger partial charge in [-0.25, -0.2) is 0 Å². The topological polar surface area (TPSA) is 118 Å². The van der Waals surface area contributed by atoms with Crippen molar-refractivity contribution in [3.05, 3.63) is 68.7 Å². The Balaban J connectivity index is 2.14. The van der Waals surface area contributed by atoms with Crippen molar-refractivity contribution in [2.24, 2.45) is 5.92 Å². The fraction of sp³-hybridized carbons (Fsp3) is 0.250. The van der Waals surface area contributed by atoms with Crippen LogP contribution in [0.1, 0.15) is 41.5 Å². The van der Waals surface area contributed by atoms with Gasteiger partial charge in [-0.2, -0.15) is 0 Å². The lowest BCUT2D eigenvalue weighted by Gasteiger charge is -2.22. The number of anilines is 1. The first-order chi connectivity index (χ1) is 13.6. The maximum Gasteiger partial charge on any atom is 0.270 e. The Morgan fingerprint density at radius 2 is 1.69 bits per heavy atom. The van der Waals surface area contributed by atoms with Crippen LogP contribution in [0, 0.1) is 16.0 Å². The fourth-order valence-electron chi connectivity index (χ4n) is 2.56. The Morgan fingerprint density at radius 3 is 2.17 bits per heavy atom. The van der Waals surface area contributed by atoms with E-state index in [1.165, 1.54) is 19.1 Å². The van der Waals surface area contributed by atoms with E-state index >= 15 is 0 Å². The zero-order valence-electron chi connectivity index (χ0n) is 16.1. The first kappa shape index (κ1) is 22.0. The van der Waals surface area contributed by atoms with Gasteiger partial charge in [-0.3, -0.25) is 24.5 Å². The number of hydrogen-bond donors (Lipinski definition) is 2. The van der Waals surface area contributed by atoms with E-state index in [0.29, 0.717) is 11.3 Å². The van der Waals surface area contributed by atoms with E-state index < -0.39 is 22.8 Å². The molecule has 0 aliphatic rings. The summed E-state index contributed by atoms with van der Waals surface area (Å²) in [5.74, 6) is -1.39. The molecular formula is C20H20ClN3O5. The Labute approximate surface area is 172 Å². The van der Waals surface area contributed by atoms with Gasteiger partial charge in [0, 0.05) is 23.4 Å². The zero-order chi connectivity index (χ0) is 21.7. The van der Waals surface area contributed by atoms with Gasteiger partial charge >= 0.3 is 0 Å². The van der Waals surface area contributed by atoms with Gasteiger partial charge in [0.2, 0.25) is 5.91 Å². The van der Waals surface area contributed by atoms with Crippen LogP contribution in [0.15, 0.2) is 42.5 Å². The second-order valence-corrected chi connectivity index (χ2v) is 7.15. The molecule has 0 heterocycles. The molecule has 0 aromatic heterocycles. The number of nitro groups is 1. The van der Waals surface area contributed by atoms with E-state index in [1.54, 1.807) is 38.1 Å². The molecule has 152 valence electrons. The maximum atomic E-state index is 12.7. The SMILES string of the molecule is CC(=O)c1ccc(NC(=O)C(NC(=O)c2ccc([N+](=O)[O-])cc2Cl)C(C)C)cc1. The summed E-state index contributed by atoms with van der Waals surface area (Å²) in [7, 11) is 0. The lowest BCUT2D eigenvalue weighted by atomic mass is 10.0. The maximum absolute atomic E-state index is 12.7. The van der Waals surface area contributed by atoms with Gasteiger partial charge < -0.3 is 10.6 Å². The third-order valence-corrected chi connectivity index (χ3v) is 4.52. The van der Waals surface area contributed by atoms with Crippen molar-refractivity contribution in [3.63, 3.8) is 0 Å². The van der Waals surface area contributed by atoms with Gasteiger partial charge in [-0.05, 0) is 43.2 Å². The van der Waals surface area contributed by atoms with Crippen LogP contribution in [0.25, 0.3) is 0 Å². The summed E-state index contributed by atoms with van der Waals surface area (Å²) in [5.41, 5.74) is 0.790. The van der Waals surface area contributed by atoms with Crippen LogP contribution in [0.5, 0.6) is 0 Å². The van der Waals surface area contributed by atoms with Crippen molar-refractivity contribution in [1.82, 2.24) is 5.32 Å². The number of nitro benzene ring substituents is 1. The number of benzene rings is 2. The molecule has 0 fully saturated rings. The molecule has 0 aliphatic heterocycles. The number of Topliss-reactive ketones (excluding diaryl/α,β-unsaturated/α-hetero) is 1. The number of hydrogen-bond acceptors (Lipinski definition) is 5. The molecule has 1 unspecified atom stereocenters. The number of amides is 2. The molecule has 0 saturated carbocycles. The number of carbonyl (C=O) groups excluding carboxylic acids is 3. The Kier molecular flexibility index (Phi) is 7.06. The predicted molar refractivity (Wildman–Crippen MR) is 109 cm³/mol. The second-order valence-electron chi connectivity index (χ2n) is 6.74. The highest BCUT2D eigenvalue weighted by molar-refractivity contribution is 6.34. The Bertz CT molecular complexity index is 957. The lowest BCUT2D eigenvalue weighted by Crippen LogP contribution is -2.47. The fourth-order valence-corrected chi connectivity index (χ4v) is 2.82. The molecule has 2 aromatic carbocycles. The van der Waals surface area contributed by atoms with Gasteiger partial charge in [-0.1, -0.05) is 25.4 Å². The molecule has 0 saturated heterocycles. The highest BCUT2D eigenvalue weighted by Crippen LogP contribution is 2.23. The smallest absolute Gasteiger partial charge is 0.270 e. The van der Waals surface area contributed by atoms with Crippen molar-refractivity contribution in [2.75, 3.05) is 5.32 Å². The number of ketones is 1. The molecule has 29 heavy (non-hydrogen) atoms. The highest BCUT2D eigenvalue weighted by Gasteiger charge is 2.26. The van der Waals surface area contributed by atoms with Gasteiger partial charge in [0.15, 0.2) is 5.78 Å². The van der Waals surface area contributed by atoms with Crippen molar-refractivity contribution in [3.8, 4) is 0 Å². The summed E-state index contributed by atoms with van der Waals surface area (Å²) < 4.78 is 0. The van der Waals surface area contributed by atoms with Crippen LogP contribution in [-0.2, 0) is 4.79 Å². The Hall–Kier alpha value is -3.26. The molecule has 0 bridgehead atoms. The van der Waals surface area contributed by atoms with E-state index in [9.17, 15) is 24.5 Å². The average Bonchev–Trinajstić information content (AvgIpc) is 2.65. The van der Waals surface area contributed by atoms with Gasteiger partial charge in [-0.15, -0.1) is 0 Å². The first-order valence-corrected chi connectivity index (χ1v) is 9.14. The number of carbonyl (C=O) groups is 3. The first-order valence-electron chi connectivity index (χ1n) is 8.76. The molecule has 0 spiro atoms. The van der Waals surface area contributed by atoms with Crippen molar-refractivity contribution in [1.29, 1.82) is 0 Å². The van der Waals surface area contributed by atoms with Gasteiger partial charge in [0.1, 0.15) is 6.04 Å². The number of non-ortho nitro benzene ring substituents is 1. The van der Waals surface area contributed by atoms with E-state index in [-0.39, 0.29) is 28.0 Å². The average molecular weight is 418 g/mol. The molecule has 0 radical (unpaired) electrons. The number of halogens is 1. The van der Waals surface area contributed by atoms with Gasteiger partial charge in [0.25, 0.3) is 11.6 Å². The number of rotatable bonds is 7. The van der Waals surface area contributed by atoms with E-state index in [1.807, 2.05) is 0 Å². The van der Waals surface area contributed by atoms with Crippen LogP contribution in [0.2, 0.25) is 5.02 Å². The third kappa shape index (κ3) is 5.61. The molecule has 2 aromatic rings. The normalized spacial score (nSPS) is 11.6. The van der Waals surface area contributed by atoms with E-state index in [0.717, 1.165) is 6.07 Å². The summed E-state index contributed by atoms with van der Waals surface area (Å²) >= 11 is 5.99. The minimum Gasteiger partial charge on any atom is -0.340 e. The van der Waals surface area contributed by atoms with E-state index in [2.05, 4.69) is 10.6 Å². The molecule has 0 aliphatic carbocycles. The molecule has 2 rings (SSSR count). The summed E-state index contributed by atoms with van der Waals surface area (Å²) in [6, 6.07) is 9.00. The number of nitrogens with one attached hydrogen (secondary N) is 2. The standard InChI is InChI=1S/C20H20ClN3O5/c1-11(2)18(20(27)22-14-6-4-13(5-7-14)12(3)25)23-19(26)16-9-8-15(24(28)29)10-17(16)21/h4-11,18H,1-3H3,(H,22,27)(H,23,26). The van der Waals surface area contributed by atoms with Crippen LogP contribution < -0.4 is 10.6 Å². The minimum atomic E-state index is -0.874. The van der Waals surface area contributed by atoms with Crippen LogP contribution in [0.4, 0.5) is 11.4 Å². The molecule has 1 atom stereocenters. The lowest BCUT2D eigenvalue weighted by molar-refractivity contribution is -0.384. The summed E-state index contributed by atoms with van der Waals surface area (Å²) in [4.78, 5) is 46.7. The summed E-state index contributed by atoms with van der Waals surface area (Å²) in [5, 5.41) is 16.0. The summed E-state index contributed by atoms with van der Waals surface area (Å²) in [6.45, 7) is 4.98. The molecule has 9 heteroatoms. The van der Waals surface area contributed by atoms with Crippen molar-refractivity contribution >= 4 is 40.6 Å². The van der Waals surface area contributed by atoms with Crippen LogP contribution in [-0.4, -0.2) is 28.6 Å². The van der Waals surface area contributed by atoms with Crippen molar-refractivity contribution in [2.45, 2.75) is 26.8 Å². The monoisotopic (exact) mass is 417 g/mol. The molecule has 2 amide bonds. The van der Waals surface area contributed by atoms with E-state index in [4.69, 9.17) is 11.6 Å². The molecule has 2 N–H and O–H groups in total. The second kappa shape index (κ2) is 9.29. The quantitative estimate of drug-likeness (QED) is 0.403. The minimum absolute atomic E-state index is 0.0292. The predicted octanol–water partition coefficient (Wildman–Crippen LogP) is 3.84. The third-order valence-electron chi connectivity index (χ3n) is 4.20. The van der Waals surface area contributed by atoms with Gasteiger partial charge in [0.05, 0.1) is 15.5 Å². The molecular weight excluding hydrogens is 398 g/mol. The zero-order valence-corrected chi connectivity index (χ0v) is 16.8. The van der Waals surface area contributed by atoms with Crippen LogP contribution in [0.3, 0.4) is 0 Å².